The standard InChI is InChI=1S/C14H21N3O2/c1-10-5-3-4-8-17(10)13-9-11(19-2)6-7-12(13)14(15)16-18/h6-7,9-10,18H,3-5,8H2,1-2H3,(H2,15,16). The van der Waals surface area contributed by atoms with Gasteiger partial charge in [0.25, 0.3) is 0 Å². The minimum absolute atomic E-state index is 0.135. The number of anilines is 1. The molecular formula is C14H21N3O2. The Morgan fingerprint density at radius 3 is 2.89 bits per heavy atom. The molecule has 0 bridgehead atoms. The Hall–Kier alpha value is -1.91. The number of nitrogens with zero attached hydrogens (tertiary/aromatic N) is 2. The fourth-order valence-electron chi connectivity index (χ4n) is 2.60. The molecule has 3 N–H and O–H groups in total. The lowest BCUT2D eigenvalue weighted by molar-refractivity contribution is 0.318. The molecule has 0 saturated carbocycles. The average molecular weight is 263 g/mol. The highest BCUT2D eigenvalue weighted by molar-refractivity contribution is 6.02. The van der Waals surface area contributed by atoms with Crippen LogP contribution in [0.2, 0.25) is 0 Å². The van der Waals surface area contributed by atoms with Crippen LogP contribution in [-0.2, 0) is 0 Å². The van der Waals surface area contributed by atoms with Crippen LogP contribution in [0.3, 0.4) is 0 Å². The first-order valence-corrected chi connectivity index (χ1v) is 6.60. The summed E-state index contributed by atoms with van der Waals surface area (Å²) in [6.07, 6.45) is 3.57. The lowest BCUT2D eigenvalue weighted by atomic mass is 10.0. The van der Waals surface area contributed by atoms with Gasteiger partial charge in [-0.25, -0.2) is 0 Å². The Labute approximate surface area is 113 Å². The Bertz CT molecular complexity index is 474. The van der Waals surface area contributed by atoms with Gasteiger partial charge in [0.05, 0.1) is 12.8 Å². The lowest BCUT2D eigenvalue weighted by Crippen LogP contribution is -2.38. The van der Waals surface area contributed by atoms with Crippen LogP contribution in [-0.4, -0.2) is 30.7 Å². The van der Waals surface area contributed by atoms with Gasteiger partial charge in [0.15, 0.2) is 5.84 Å². The Balaban J connectivity index is 2.45. The molecule has 0 spiro atoms. The third kappa shape index (κ3) is 2.75. The zero-order valence-corrected chi connectivity index (χ0v) is 11.5. The molecule has 1 fully saturated rings. The van der Waals surface area contributed by atoms with Crippen LogP contribution in [0.25, 0.3) is 0 Å². The maximum absolute atomic E-state index is 8.92. The van der Waals surface area contributed by atoms with Gasteiger partial charge in [0.2, 0.25) is 0 Å². The van der Waals surface area contributed by atoms with Crippen LogP contribution in [0.4, 0.5) is 5.69 Å². The normalized spacial score (nSPS) is 20.4. The van der Waals surface area contributed by atoms with Crippen LogP contribution < -0.4 is 15.4 Å². The minimum atomic E-state index is 0.135. The molecule has 1 saturated heterocycles. The smallest absolute Gasteiger partial charge is 0.172 e. The van der Waals surface area contributed by atoms with E-state index in [1.54, 1.807) is 7.11 Å². The van der Waals surface area contributed by atoms with Crippen molar-refractivity contribution in [3.63, 3.8) is 0 Å². The Morgan fingerprint density at radius 2 is 2.26 bits per heavy atom. The molecule has 104 valence electrons. The van der Waals surface area contributed by atoms with Gasteiger partial charge in [-0.05, 0) is 38.3 Å². The van der Waals surface area contributed by atoms with Crippen LogP contribution in [0, 0.1) is 0 Å². The van der Waals surface area contributed by atoms with Crippen molar-refractivity contribution in [1.29, 1.82) is 0 Å². The molecule has 0 amide bonds. The van der Waals surface area contributed by atoms with Gasteiger partial charge in [-0.15, -0.1) is 0 Å². The number of rotatable bonds is 3. The van der Waals surface area contributed by atoms with E-state index < -0.39 is 0 Å². The first-order chi connectivity index (χ1) is 9.17. The van der Waals surface area contributed by atoms with Crippen molar-refractivity contribution in [2.45, 2.75) is 32.2 Å². The molecule has 2 rings (SSSR count). The quantitative estimate of drug-likeness (QED) is 0.379. The Kier molecular flexibility index (Phi) is 4.14. The largest absolute Gasteiger partial charge is 0.497 e. The second-order valence-corrected chi connectivity index (χ2v) is 4.91. The monoisotopic (exact) mass is 263 g/mol. The molecule has 0 aromatic heterocycles. The van der Waals surface area contributed by atoms with E-state index in [9.17, 15) is 0 Å². The molecule has 1 aromatic rings. The molecule has 1 aliphatic rings. The molecule has 1 unspecified atom stereocenters. The van der Waals surface area contributed by atoms with Crippen molar-refractivity contribution >= 4 is 11.5 Å². The number of methoxy groups -OCH3 is 1. The second-order valence-electron chi connectivity index (χ2n) is 4.91. The molecule has 1 atom stereocenters. The number of piperidine rings is 1. The number of benzene rings is 1. The van der Waals surface area contributed by atoms with Crippen molar-refractivity contribution < 1.29 is 9.94 Å². The predicted octanol–water partition coefficient (Wildman–Crippen LogP) is 2.17. The molecule has 1 aliphatic heterocycles. The number of oxime groups is 1. The highest BCUT2D eigenvalue weighted by Crippen LogP contribution is 2.31. The first kappa shape index (κ1) is 13.5. The first-order valence-electron chi connectivity index (χ1n) is 6.60. The van der Waals surface area contributed by atoms with Crippen LogP contribution in [0.15, 0.2) is 23.4 Å². The van der Waals surface area contributed by atoms with Gasteiger partial charge in [0, 0.05) is 24.2 Å². The van der Waals surface area contributed by atoms with Gasteiger partial charge < -0.3 is 20.6 Å². The van der Waals surface area contributed by atoms with E-state index in [1.165, 1.54) is 6.42 Å². The van der Waals surface area contributed by atoms with Gasteiger partial charge in [-0.2, -0.15) is 0 Å². The third-order valence-corrected chi connectivity index (χ3v) is 3.70. The van der Waals surface area contributed by atoms with Crippen molar-refractivity contribution in [3.8, 4) is 5.75 Å². The summed E-state index contributed by atoms with van der Waals surface area (Å²) in [6, 6.07) is 6.07. The Morgan fingerprint density at radius 1 is 1.47 bits per heavy atom. The molecule has 0 aliphatic carbocycles. The maximum Gasteiger partial charge on any atom is 0.172 e. The summed E-state index contributed by atoms with van der Waals surface area (Å²) >= 11 is 0. The SMILES string of the molecule is COc1ccc(/C(N)=N/O)c(N2CCCCC2C)c1. The number of amidine groups is 1. The maximum atomic E-state index is 8.92. The van der Waals surface area contributed by atoms with Crippen molar-refractivity contribution in [3.05, 3.63) is 23.8 Å². The minimum Gasteiger partial charge on any atom is -0.497 e. The summed E-state index contributed by atoms with van der Waals surface area (Å²) in [6.45, 7) is 3.19. The summed E-state index contributed by atoms with van der Waals surface area (Å²) in [5.74, 6) is 0.915. The van der Waals surface area contributed by atoms with E-state index in [2.05, 4.69) is 17.0 Å². The van der Waals surface area contributed by atoms with Crippen LogP contribution >= 0.6 is 0 Å². The summed E-state index contributed by atoms with van der Waals surface area (Å²) in [4.78, 5) is 2.30. The van der Waals surface area contributed by atoms with Gasteiger partial charge in [-0.3, -0.25) is 0 Å². The number of hydrogen-bond donors (Lipinski definition) is 2. The molecule has 19 heavy (non-hydrogen) atoms. The van der Waals surface area contributed by atoms with Gasteiger partial charge in [-0.1, -0.05) is 5.16 Å². The highest BCUT2D eigenvalue weighted by atomic mass is 16.5. The van der Waals surface area contributed by atoms with Crippen molar-refractivity contribution in [1.82, 2.24) is 0 Å². The van der Waals surface area contributed by atoms with Crippen molar-refractivity contribution in [2.75, 3.05) is 18.6 Å². The average Bonchev–Trinajstić information content (AvgIpc) is 2.46. The van der Waals surface area contributed by atoms with Gasteiger partial charge in [0.1, 0.15) is 5.75 Å². The fourth-order valence-corrected chi connectivity index (χ4v) is 2.60. The van der Waals surface area contributed by atoms with Crippen molar-refractivity contribution in [2.24, 2.45) is 10.9 Å². The second kappa shape index (κ2) is 5.82. The zero-order valence-electron chi connectivity index (χ0n) is 11.5. The summed E-state index contributed by atoms with van der Waals surface area (Å²) in [5, 5.41) is 12.0. The molecule has 5 heteroatoms. The predicted molar refractivity (Wildman–Crippen MR) is 76.2 cm³/mol. The third-order valence-electron chi connectivity index (χ3n) is 3.70. The van der Waals surface area contributed by atoms with E-state index in [0.29, 0.717) is 6.04 Å². The van der Waals surface area contributed by atoms with Crippen LogP contribution in [0.1, 0.15) is 31.7 Å². The van der Waals surface area contributed by atoms with Crippen LogP contribution in [0.5, 0.6) is 5.75 Å². The fraction of sp³-hybridized carbons (Fsp3) is 0.500. The van der Waals surface area contributed by atoms with E-state index in [4.69, 9.17) is 15.7 Å². The summed E-state index contributed by atoms with van der Waals surface area (Å²) in [5.41, 5.74) is 7.49. The zero-order chi connectivity index (χ0) is 13.8. The number of nitrogens with two attached hydrogens (primary N) is 1. The topological polar surface area (TPSA) is 71.1 Å². The van der Waals surface area contributed by atoms with E-state index in [-0.39, 0.29) is 5.84 Å². The summed E-state index contributed by atoms with van der Waals surface area (Å²) < 4.78 is 5.28. The molecule has 5 nitrogen and oxygen atoms in total. The van der Waals surface area contributed by atoms with E-state index in [0.717, 1.165) is 36.4 Å². The molecular weight excluding hydrogens is 242 g/mol. The van der Waals surface area contributed by atoms with E-state index in [1.807, 2.05) is 18.2 Å². The summed E-state index contributed by atoms with van der Waals surface area (Å²) in [7, 11) is 1.64. The number of ether oxygens (including phenoxy) is 1. The number of hydrogen-bond acceptors (Lipinski definition) is 4. The molecule has 1 heterocycles. The highest BCUT2D eigenvalue weighted by Gasteiger charge is 2.22. The molecule has 1 aromatic carbocycles. The van der Waals surface area contributed by atoms with Gasteiger partial charge >= 0.3 is 0 Å². The molecule has 0 radical (unpaired) electrons. The lowest BCUT2D eigenvalue weighted by Gasteiger charge is -2.36. The van der Waals surface area contributed by atoms with E-state index >= 15 is 0 Å².